The Bertz CT molecular complexity index is 883. The van der Waals surface area contributed by atoms with Crippen LogP contribution in [0, 0.1) is 10.6 Å². The van der Waals surface area contributed by atoms with Gasteiger partial charge in [-0.05, 0) is 42.0 Å². The van der Waals surface area contributed by atoms with E-state index in [9.17, 15) is 4.39 Å². The molecule has 1 aromatic heterocycles. The fourth-order valence-corrected chi connectivity index (χ4v) is 2.53. The molecular weight excluding hydrogens is 367 g/mol. The third-order valence-corrected chi connectivity index (χ3v) is 3.91. The van der Waals surface area contributed by atoms with Crippen molar-refractivity contribution in [3.63, 3.8) is 0 Å². The molecule has 1 heterocycles. The molecule has 2 aromatic carbocycles. The Morgan fingerprint density at radius 1 is 1.18 bits per heavy atom. The highest BCUT2D eigenvalue weighted by molar-refractivity contribution is 9.10. The van der Waals surface area contributed by atoms with Gasteiger partial charge in [0.25, 0.3) is 0 Å². The molecule has 0 bridgehead atoms. The van der Waals surface area contributed by atoms with Gasteiger partial charge >= 0.3 is 0 Å². The van der Waals surface area contributed by atoms with Crippen molar-refractivity contribution >= 4 is 34.4 Å². The van der Waals surface area contributed by atoms with Crippen molar-refractivity contribution in [1.29, 1.82) is 0 Å². The quantitative estimate of drug-likeness (QED) is 0.544. The van der Waals surface area contributed by atoms with Crippen LogP contribution in [0.25, 0.3) is 11.4 Å². The topological polar surface area (TPSA) is 46.0 Å². The van der Waals surface area contributed by atoms with Gasteiger partial charge in [0.1, 0.15) is 5.82 Å². The minimum Gasteiger partial charge on any atom is -0.250 e. The zero-order valence-corrected chi connectivity index (χ0v) is 13.6. The average Bonchev–Trinajstić information content (AvgIpc) is 2.88. The Kier molecular flexibility index (Phi) is 4.26. The van der Waals surface area contributed by atoms with Crippen LogP contribution in [0.1, 0.15) is 5.56 Å². The predicted octanol–water partition coefficient (Wildman–Crippen LogP) is 4.39. The van der Waals surface area contributed by atoms with Gasteiger partial charge in [-0.25, -0.2) is 9.49 Å². The summed E-state index contributed by atoms with van der Waals surface area (Å²) >= 11 is 8.69. The lowest BCUT2D eigenvalue weighted by atomic mass is 10.2. The molecule has 110 valence electrons. The zero-order chi connectivity index (χ0) is 15.5. The molecule has 0 saturated carbocycles. The van der Waals surface area contributed by atoms with E-state index in [1.165, 1.54) is 16.8 Å². The summed E-state index contributed by atoms with van der Waals surface area (Å²) in [6, 6.07) is 13.7. The van der Waals surface area contributed by atoms with Crippen LogP contribution in [0.2, 0.25) is 0 Å². The average molecular weight is 377 g/mol. The van der Waals surface area contributed by atoms with E-state index in [-0.39, 0.29) is 5.82 Å². The van der Waals surface area contributed by atoms with Gasteiger partial charge in [-0.3, -0.25) is 0 Å². The second-order valence-electron chi connectivity index (χ2n) is 4.44. The maximum Gasteiger partial charge on any atom is 0.216 e. The van der Waals surface area contributed by atoms with Crippen LogP contribution in [-0.2, 0) is 0 Å². The van der Waals surface area contributed by atoms with Gasteiger partial charge in [-0.15, -0.1) is 0 Å². The number of H-pyrrole nitrogens is 1. The Labute approximate surface area is 139 Å². The number of hydrogen-bond donors (Lipinski definition) is 1. The number of nitrogens with one attached hydrogen (secondary N) is 1. The molecule has 0 amide bonds. The monoisotopic (exact) mass is 376 g/mol. The molecular formula is C15H10BrFN4S. The normalized spacial score (nSPS) is 11.2. The Hall–Kier alpha value is -2.12. The zero-order valence-electron chi connectivity index (χ0n) is 11.2. The summed E-state index contributed by atoms with van der Waals surface area (Å²) in [5.41, 5.74) is 1.63. The van der Waals surface area contributed by atoms with Crippen LogP contribution in [0.4, 0.5) is 4.39 Å². The molecule has 0 saturated heterocycles. The molecule has 0 unspecified atom stereocenters. The van der Waals surface area contributed by atoms with Crippen LogP contribution < -0.4 is 0 Å². The van der Waals surface area contributed by atoms with Gasteiger partial charge < -0.3 is 0 Å². The van der Waals surface area contributed by atoms with E-state index >= 15 is 0 Å². The van der Waals surface area contributed by atoms with Crippen molar-refractivity contribution in [3.8, 4) is 11.4 Å². The van der Waals surface area contributed by atoms with Crippen LogP contribution in [0.15, 0.2) is 58.1 Å². The second kappa shape index (κ2) is 6.33. The number of nitrogens with zero attached hydrogens (tertiary/aromatic N) is 3. The highest BCUT2D eigenvalue weighted by atomic mass is 79.9. The van der Waals surface area contributed by atoms with Crippen molar-refractivity contribution in [3.05, 3.63) is 69.2 Å². The first-order valence-corrected chi connectivity index (χ1v) is 7.57. The fourth-order valence-electron chi connectivity index (χ4n) is 1.89. The summed E-state index contributed by atoms with van der Waals surface area (Å²) in [5, 5.41) is 11.3. The van der Waals surface area contributed by atoms with Gasteiger partial charge in [0.05, 0.1) is 6.21 Å². The summed E-state index contributed by atoms with van der Waals surface area (Å²) < 4.78 is 15.7. The summed E-state index contributed by atoms with van der Waals surface area (Å²) in [5.74, 6) is 0.307. The minimum atomic E-state index is -0.286. The van der Waals surface area contributed by atoms with Crippen LogP contribution in [0.3, 0.4) is 0 Å². The number of hydrogen-bond acceptors (Lipinski definition) is 3. The molecule has 1 N–H and O–H groups in total. The van der Waals surface area contributed by atoms with Gasteiger partial charge in [-0.2, -0.15) is 14.9 Å². The van der Waals surface area contributed by atoms with E-state index in [0.717, 1.165) is 15.6 Å². The smallest absolute Gasteiger partial charge is 0.216 e. The van der Waals surface area contributed by atoms with E-state index in [2.05, 4.69) is 31.2 Å². The van der Waals surface area contributed by atoms with E-state index in [1.807, 2.05) is 24.3 Å². The molecule has 3 aromatic rings. The summed E-state index contributed by atoms with van der Waals surface area (Å²) in [6.07, 6.45) is 1.60. The lowest BCUT2D eigenvalue weighted by molar-refractivity contribution is 0.628. The summed E-state index contributed by atoms with van der Waals surface area (Å²) in [7, 11) is 0. The molecule has 0 fully saturated rings. The number of aromatic amines is 1. The molecule has 0 aliphatic rings. The Morgan fingerprint density at radius 2 is 1.91 bits per heavy atom. The largest absolute Gasteiger partial charge is 0.250 e. The van der Waals surface area contributed by atoms with Crippen LogP contribution >= 0.6 is 28.1 Å². The molecule has 3 rings (SSSR count). The maximum atomic E-state index is 12.9. The molecule has 0 spiro atoms. The SMILES string of the molecule is Fc1ccc(/C=N\n2c(-c3ccccc3Br)n[nH]c2=S)cc1. The number of rotatable bonds is 3. The lowest BCUT2D eigenvalue weighted by Gasteiger charge is -2.03. The summed E-state index contributed by atoms with van der Waals surface area (Å²) in [6.45, 7) is 0. The van der Waals surface area contributed by atoms with Crippen LogP contribution in [0.5, 0.6) is 0 Å². The molecule has 0 atom stereocenters. The Morgan fingerprint density at radius 3 is 2.64 bits per heavy atom. The van der Waals surface area contributed by atoms with Crippen molar-refractivity contribution in [2.24, 2.45) is 5.10 Å². The van der Waals surface area contributed by atoms with Gasteiger partial charge in [-0.1, -0.05) is 40.2 Å². The van der Waals surface area contributed by atoms with Gasteiger partial charge in [0.2, 0.25) is 4.77 Å². The van der Waals surface area contributed by atoms with E-state index in [0.29, 0.717) is 10.6 Å². The number of benzene rings is 2. The molecule has 0 aliphatic heterocycles. The molecule has 0 radical (unpaired) electrons. The van der Waals surface area contributed by atoms with Crippen molar-refractivity contribution in [1.82, 2.24) is 14.9 Å². The first kappa shape index (κ1) is 14.8. The first-order valence-electron chi connectivity index (χ1n) is 6.37. The van der Waals surface area contributed by atoms with Crippen molar-refractivity contribution in [2.75, 3.05) is 0 Å². The molecule has 0 aliphatic carbocycles. The fraction of sp³-hybridized carbons (Fsp3) is 0. The third kappa shape index (κ3) is 3.05. The lowest BCUT2D eigenvalue weighted by Crippen LogP contribution is -1.95. The number of aromatic nitrogens is 3. The van der Waals surface area contributed by atoms with Gasteiger partial charge in [0.15, 0.2) is 5.82 Å². The highest BCUT2D eigenvalue weighted by Crippen LogP contribution is 2.26. The first-order chi connectivity index (χ1) is 10.6. The molecule has 7 heteroatoms. The van der Waals surface area contributed by atoms with E-state index in [4.69, 9.17) is 12.2 Å². The minimum absolute atomic E-state index is 0.286. The molecule has 22 heavy (non-hydrogen) atoms. The number of halogens is 2. The second-order valence-corrected chi connectivity index (χ2v) is 5.68. The van der Waals surface area contributed by atoms with E-state index < -0.39 is 0 Å². The van der Waals surface area contributed by atoms with Gasteiger partial charge in [0, 0.05) is 10.0 Å². The third-order valence-electron chi connectivity index (χ3n) is 2.96. The Balaban J connectivity index is 2.02. The standard InChI is InChI=1S/C15H10BrFN4S/c16-13-4-2-1-3-12(13)14-19-20-15(22)21(14)18-9-10-5-7-11(17)8-6-10/h1-9H,(H,20,22)/b18-9-. The van der Waals surface area contributed by atoms with Crippen molar-refractivity contribution in [2.45, 2.75) is 0 Å². The highest BCUT2D eigenvalue weighted by Gasteiger charge is 2.10. The van der Waals surface area contributed by atoms with E-state index in [1.54, 1.807) is 18.3 Å². The van der Waals surface area contributed by atoms with Crippen molar-refractivity contribution < 1.29 is 4.39 Å². The predicted molar refractivity (Wildman–Crippen MR) is 89.9 cm³/mol. The summed E-state index contributed by atoms with van der Waals surface area (Å²) in [4.78, 5) is 0. The van der Waals surface area contributed by atoms with Crippen LogP contribution in [-0.4, -0.2) is 21.1 Å². The maximum absolute atomic E-state index is 12.9. The molecule has 4 nitrogen and oxygen atoms in total.